The molecule has 0 aromatic heterocycles. The van der Waals surface area contributed by atoms with Gasteiger partial charge in [-0.1, -0.05) is 38.1 Å². The molecule has 0 fully saturated rings. The number of nitrogens with one attached hydrogen (secondary N) is 1. The van der Waals surface area contributed by atoms with Gasteiger partial charge < -0.3 is 0 Å². The Morgan fingerprint density at radius 2 is 1.39 bits per heavy atom. The molecule has 0 unspecified atom stereocenters. The molecule has 0 saturated heterocycles. The molecular formula is C17H19F2NO2S. The van der Waals surface area contributed by atoms with E-state index in [0.717, 1.165) is 0 Å². The van der Waals surface area contributed by atoms with Crippen LogP contribution in [0.1, 0.15) is 31.0 Å². The SMILES string of the molecule is CC(C)[C@H](NS(=O)(=O)Cc1ccc(F)cc1)c1ccc(F)cc1. The first-order valence-electron chi connectivity index (χ1n) is 7.27. The molecule has 2 aromatic carbocycles. The van der Waals surface area contributed by atoms with Crippen molar-refractivity contribution in [2.45, 2.75) is 25.6 Å². The van der Waals surface area contributed by atoms with Crippen molar-refractivity contribution in [2.75, 3.05) is 0 Å². The molecule has 0 aliphatic carbocycles. The number of halogens is 2. The van der Waals surface area contributed by atoms with E-state index in [9.17, 15) is 17.2 Å². The maximum atomic E-state index is 13.0. The van der Waals surface area contributed by atoms with Gasteiger partial charge in [0, 0.05) is 6.04 Å². The Hall–Kier alpha value is -1.79. The van der Waals surface area contributed by atoms with Gasteiger partial charge >= 0.3 is 0 Å². The van der Waals surface area contributed by atoms with Crippen LogP contribution in [-0.2, 0) is 15.8 Å². The fraction of sp³-hybridized carbons (Fsp3) is 0.294. The van der Waals surface area contributed by atoms with Gasteiger partial charge in [0.15, 0.2) is 0 Å². The molecule has 6 heteroatoms. The molecule has 124 valence electrons. The first-order valence-corrected chi connectivity index (χ1v) is 8.92. The van der Waals surface area contributed by atoms with Crippen LogP contribution in [0.15, 0.2) is 48.5 Å². The summed E-state index contributed by atoms with van der Waals surface area (Å²) in [6.07, 6.45) is 0. The van der Waals surface area contributed by atoms with E-state index in [-0.39, 0.29) is 17.5 Å². The second-order valence-electron chi connectivity index (χ2n) is 5.78. The lowest BCUT2D eigenvalue weighted by Crippen LogP contribution is -2.32. The van der Waals surface area contributed by atoms with E-state index in [2.05, 4.69) is 4.72 Å². The third-order valence-corrected chi connectivity index (χ3v) is 4.80. The summed E-state index contributed by atoms with van der Waals surface area (Å²) >= 11 is 0. The van der Waals surface area contributed by atoms with Crippen molar-refractivity contribution in [2.24, 2.45) is 5.92 Å². The number of rotatable bonds is 6. The van der Waals surface area contributed by atoms with Crippen molar-refractivity contribution in [1.29, 1.82) is 0 Å². The first-order chi connectivity index (χ1) is 10.8. The molecule has 23 heavy (non-hydrogen) atoms. The molecule has 3 nitrogen and oxygen atoms in total. The van der Waals surface area contributed by atoms with Crippen LogP contribution in [-0.4, -0.2) is 8.42 Å². The molecule has 1 N–H and O–H groups in total. The summed E-state index contributed by atoms with van der Waals surface area (Å²) in [6.45, 7) is 3.77. The first kappa shape index (κ1) is 17.6. The highest BCUT2D eigenvalue weighted by Gasteiger charge is 2.22. The van der Waals surface area contributed by atoms with Crippen molar-refractivity contribution in [3.63, 3.8) is 0 Å². The van der Waals surface area contributed by atoms with Gasteiger partial charge in [-0.2, -0.15) is 0 Å². The van der Waals surface area contributed by atoms with Gasteiger partial charge in [-0.05, 0) is 41.3 Å². The van der Waals surface area contributed by atoms with Gasteiger partial charge in [0.1, 0.15) is 11.6 Å². The minimum atomic E-state index is -3.62. The minimum absolute atomic E-state index is 0.0107. The van der Waals surface area contributed by atoms with E-state index in [1.54, 1.807) is 12.1 Å². The summed E-state index contributed by atoms with van der Waals surface area (Å²) in [5, 5.41) is 0. The molecule has 0 radical (unpaired) electrons. The van der Waals surface area contributed by atoms with Crippen molar-refractivity contribution in [1.82, 2.24) is 4.72 Å². The van der Waals surface area contributed by atoms with E-state index >= 15 is 0 Å². The van der Waals surface area contributed by atoms with E-state index < -0.39 is 21.9 Å². The third kappa shape index (κ3) is 5.11. The molecule has 2 rings (SSSR count). The summed E-state index contributed by atoms with van der Waals surface area (Å²) in [6, 6.07) is 10.6. The van der Waals surface area contributed by atoms with Gasteiger partial charge in [0.2, 0.25) is 10.0 Å². The molecule has 0 saturated carbocycles. The van der Waals surface area contributed by atoms with Crippen molar-refractivity contribution >= 4 is 10.0 Å². The lowest BCUT2D eigenvalue weighted by Gasteiger charge is -2.23. The number of hydrogen-bond donors (Lipinski definition) is 1. The highest BCUT2D eigenvalue weighted by atomic mass is 32.2. The quantitative estimate of drug-likeness (QED) is 0.870. The molecule has 0 amide bonds. The summed E-state index contributed by atoms with van der Waals surface area (Å²) in [4.78, 5) is 0. The van der Waals surface area contributed by atoms with Crippen molar-refractivity contribution in [3.8, 4) is 0 Å². The Balaban J connectivity index is 2.18. The van der Waals surface area contributed by atoms with Crippen LogP contribution in [0.5, 0.6) is 0 Å². The standard InChI is InChI=1S/C17H19F2NO2S/c1-12(2)17(14-5-9-16(19)10-6-14)20-23(21,22)11-13-3-7-15(18)8-4-13/h3-10,12,17,20H,11H2,1-2H3/t17-/m0/s1. The molecule has 0 bridgehead atoms. The summed E-state index contributed by atoms with van der Waals surface area (Å²) in [7, 11) is -3.62. The zero-order valence-corrected chi connectivity index (χ0v) is 13.8. The zero-order chi connectivity index (χ0) is 17.0. The van der Waals surface area contributed by atoms with Crippen LogP contribution in [0.3, 0.4) is 0 Å². The third-order valence-electron chi connectivity index (χ3n) is 3.47. The van der Waals surface area contributed by atoms with Crippen molar-refractivity contribution < 1.29 is 17.2 Å². The molecule has 0 spiro atoms. The predicted octanol–water partition coefficient (Wildman–Crippen LogP) is 3.78. The van der Waals surface area contributed by atoms with Crippen molar-refractivity contribution in [3.05, 3.63) is 71.3 Å². The molecule has 0 aliphatic heterocycles. The highest BCUT2D eigenvalue weighted by molar-refractivity contribution is 7.88. The fourth-order valence-corrected chi connectivity index (χ4v) is 3.80. The van der Waals surface area contributed by atoms with Crippen LogP contribution < -0.4 is 4.72 Å². The highest BCUT2D eigenvalue weighted by Crippen LogP contribution is 2.23. The molecule has 0 aliphatic rings. The van der Waals surface area contributed by atoms with E-state index in [0.29, 0.717) is 11.1 Å². The second kappa shape index (κ2) is 7.19. The smallest absolute Gasteiger partial charge is 0.212 e. The minimum Gasteiger partial charge on any atom is -0.212 e. The van der Waals surface area contributed by atoms with Gasteiger partial charge in [-0.15, -0.1) is 0 Å². The Bertz CT molecular complexity index is 741. The maximum Gasteiger partial charge on any atom is 0.216 e. The number of benzene rings is 2. The van der Waals surface area contributed by atoms with Gasteiger partial charge in [-0.25, -0.2) is 21.9 Å². The molecule has 2 aromatic rings. The Kier molecular flexibility index (Phi) is 5.49. The predicted molar refractivity (Wildman–Crippen MR) is 86.1 cm³/mol. The number of hydrogen-bond acceptors (Lipinski definition) is 2. The second-order valence-corrected chi connectivity index (χ2v) is 7.53. The molecular weight excluding hydrogens is 320 g/mol. The van der Waals surface area contributed by atoms with E-state index in [4.69, 9.17) is 0 Å². The Labute approximate surface area is 135 Å². The normalized spacial score (nSPS) is 13.3. The monoisotopic (exact) mass is 339 g/mol. The van der Waals surface area contributed by atoms with Crippen LogP contribution in [0.2, 0.25) is 0 Å². The van der Waals surface area contributed by atoms with E-state index in [1.165, 1.54) is 36.4 Å². The largest absolute Gasteiger partial charge is 0.216 e. The lowest BCUT2D eigenvalue weighted by molar-refractivity contribution is 0.462. The zero-order valence-electron chi connectivity index (χ0n) is 13.0. The topological polar surface area (TPSA) is 46.2 Å². The average Bonchev–Trinajstić information content (AvgIpc) is 2.48. The molecule has 1 atom stereocenters. The number of sulfonamides is 1. The lowest BCUT2D eigenvalue weighted by atomic mass is 9.97. The summed E-state index contributed by atoms with van der Waals surface area (Å²) < 4.78 is 53.3. The van der Waals surface area contributed by atoms with Crippen LogP contribution in [0.4, 0.5) is 8.78 Å². The van der Waals surface area contributed by atoms with E-state index in [1.807, 2.05) is 13.8 Å². The van der Waals surface area contributed by atoms with Crippen LogP contribution in [0.25, 0.3) is 0 Å². The molecule has 0 heterocycles. The summed E-state index contributed by atoms with van der Waals surface area (Å²) in [5.74, 6) is -1.03. The van der Waals surface area contributed by atoms with Gasteiger partial charge in [0.25, 0.3) is 0 Å². The van der Waals surface area contributed by atoms with Gasteiger partial charge in [0.05, 0.1) is 5.75 Å². The van der Waals surface area contributed by atoms with Crippen LogP contribution in [0, 0.1) is 17.6 Å². The van der Waals surface area contributed by atoms with Gasteiger partial charge in [-0.3, -0.25) is 0 Å². The Morgan fingerprint density at radius 1 is 0.913 bits per heavy atom. The average molecular weight is 339 g/mol. The maximum absolute atomic E-state index is 13.0. The fourth-order valence-electron chi connectivity index (χ4n) is 2.29. The Morgan fingerprint density at radius 3 is 1.87 bits per heavy atom. The summed E-state index contributed by atoms with van der Waals surface area (Å²) in [5.41, 5.74) is 1.20. The van der Waals surface area contributed by atoms with Crippen LogP contribution >= 0.6 is 0 Å².